The summed E-state index contributed by atoms with van der Waals surface area (Å²) in [5.41, 5.74) is 1.63. The van der Waals surface area contributed by atoms with Crippen molar-refractivity contribution in [3.05, 3.63) is 36.0 Å². The predicted molar refractivity (Wildman–Crippen MR) is 59.9 cm³/mol. The van der Waals surface area contributed by atoms with E-state index in [1.165, 1.54) is 0 Å². The van der Waals surface area contributed by atoms with Crippen molar-refractivity contribution in [2.24, 2.45) is 0 Å². The predicted octanol–water partition coefficient (Wildman–Crippen LogP) is -0.390. The van der Waals surface area contributed by atoms with Crippen molar-refractivity contribution in [2.75, 3.05) is 0 Å². The molecule has 0 unspecified atom stereocenters. The van der Waals surface area contributed by atoms with Gasteiger partial charge in [-0.15, -0.1) is 0 Å². The van der Waals surface area contributed by atoms with Crippen molar-refractivity contribution >= 4 is 10.9 Å². The standard InChI is InChI=1S/C13H15NO.Li/c1-13(2,3)10-7-9-5-4-6-14-12(9)11(15)8-10;/h4-8,15H,1-3H3;/q;+1/p-1. The Bertz CT molecular complexity index is 503. The van der Waals surface area contributed by atoms with Gasteiger partial charge in [-0.2, -0.15) is 0 Å². The average Bonchev–Trinajstić information content (AvgIpc) is 2.16. The van der Waals surface area contributed by atoms with Crippen LogP contribution in [-0.2, 0) is 5.41 Å². The Morgan fingerprint density at radius 2 is 1.88 bits per heavy atom. The third kappa shape index (κ3) is 2.40. The summed E-state index contributed by atoms with van der Waals surface area (Å²) in [6.45, 7) is 6.30. The molecule has 0 N–H and O–H groups in total. The topological polar surface area (TPSA) is 36.0 Å². The van der Waals surface area contributed by atoms with Crippen molar-refractivity contribution in [1.29, 1.82) is 0 Å². The van der Waals surface area contributed by atoms with Gasteiger partial charge in [0.15, 0.2) is 0 Å². The second-order valence-electron chi connectivity index (χ2n) is 4.80. The second-order valence-corrected chi connectivity index (χ2v) is 4.80. The van der Waals surface area contributed by atoms with Gasteiger partial charge in [0, 0.05) is 6.20 Å². The maximum absolute atomic E-state index is 11.8. The maximum atomic E-state index is 11.8. The van der Waals surface area contributed by atoms with Crippen LogP contribution >= 0.6 is 0 Å². The summed E-state index contributed by atoms with van der Waals surface area (Å²) >= 11 is 0. The fourth-order valence-corrected chi connectivity index (χ4v) is 1.59. The summed E-state index contributed by atoms with van der Waals surface area (Å²) in [6.07, 6.45) is 1.65. The molecule has 0 aliphatic rings. The number of aromatic nitrogens is 1. The van der Waals surface area contributed by atoms with E-state index in [1.54, 1.807) is 12.3 Å². The van der Waals surface area contributed by atoms with Crippen LogP contribution in [0.5, 0.6) is 5.75 Å². The molecule has 3 heteroatoms. The molecule has 1 aromatic heterocycles. The van der Waals surface area contributed by atoms with Crippen LogP contribution < -0.4 is 24.0 Å². The average molecular weight is 207 g/mol. The monoisotopic (exact) mass is 207 g/mol. The minimum Gasteiger partial charge on any atom is -0.871 e. The third-order valence-electron chi connectivity index (χ3n) is 2.54. The van der Waals surface area contributed by atoms with Gasteiger partial charge in [0.1, 0.15) is 0 Å². The zero-order chi connectivity index (χ0) is 11.1. The molecule has 0 spiro atoms. The second kappa shape index (κ2) is 4.49. The summed E-state index contributed by atoms with van der Waals surface area (Å²) in [5, 5.41) is 12.7. The summed E-state index contributed by atoms with van der Waals surface area (Å²) in [6, 6.07) is 7.52. The molecule has 0 amide bonds. The van der Waals surface area contributed by atoms with E-state index < -0.39 is 0 Å². The van der Waals surface area contributed by atoms with Crippen molar-refractivity contribution < 1.29 is 24.0 Å². The summed E-state index contributed by atoms with van der Waals surface area (Å²) in [7, 11) is 0. The number of pyridine rings is 1. The van der Waals surface area contributed by atoms with E-state index in [0.29, 0.717) is 5.52 Å². The summed E-state index contributed by atoms with van der Waals surface area (Å²) < 4.78 is 0. The molecule has 2 rings (SSSR count). The number of fused-ring (bicyclic) bond motifs is 1. The van der Waals surface area contributed by atoms with Gasteiger partial charge >= 0.3 is 18.9 Å². The number of nitrogens with zero attached hydrogens (tertiary/aromatic N) is 1. The van der Waals surface area contributed by atoms with Crippen LogP contribution in [0.1, 0.15) is 26.3 Å². The van der Waals surface area contributed by atoms with Gasteiger partial charge in [-0.3, -0.25) is 4.98 Å². The first-order valence-corrected chi connectivity index (χ1v) is 5.05. The number of hydrogen-bond acceptors (Lipinski definition) is 2. The smallest absolute Gasteiger partial charge is 0.871 e. The van der Waals surface area contributed by atoms with Crippen LogP contribution in [-0.4, -0.2) is 4.98 Å². The first-order chi connectivity index (χ1) is 6.98. The fourth-order valence-electron chi connectivity index (χ4n) is 1.59. The third-order valence-corrected chi connectivity index (χ3v) is 2.54. The van der Waals surface area contributed by atoms with E-state index >= 15 is 0 Å². The quantitative estimate of drug-likeness (QED) is 0.552. The number of benzene rings is 1. The van der Waals surface area contributed by atoms with Crippen LogP contribution in [0.4, 0.5) is 0 Å². The molecule has 0 bridgehead atoms. The maximum Gasteiger partial charge on any atom is 1.00 e. The Morgan fingerprint density at radius 1 is 1.19 bits per heavy atom. The van der Waals surface area contributed by atoms with Gasteiger partial charge < -0.3 is 5.11 Å². The zero-order valence-corrected chi connectivity index (χ0v) is 10.2. The minimum absolute atomic E-state index is 0. The van der Waals surface area contributed by atoms with Crippen LogP contribution in [0.25, 0.3) is 10.9 Å². The largest absolute Gasteiger partial charge is 1.00 e. The summed E-state index contributed by atoms with van der Waals surface area (Å²) in [5.74, 6) is 0.0121. The Balaban J connectivity index is 0.00000128. The molecule has 0 aliphatic heterocycles. The molecule has 0 saturated heterocycles. The molecule has 0 fully saturated rings. The molecule has 1 aromatic carbocycles. The summed E-state index contributed by atoms with van der Waals surface area (Å²) in [4.78, 5) is 4.09. The first kappa shape index (κ1) is 13.1. The molecule has 78 valence electrons. The van der Waals surface area contributed by atoms with Gasteiger partial charge in [-0.25, -0.2) is 0 Å². The molecule has 0 saturated carbocycles. The van der Waals surface area contributed by atoms with Crippen molar-refractivity contribution in [1.82, 2.24) is 4.98 Å². The normalized spacial score (nSPS) is 11.2. The number of rotatable bonds is 0. The molecule has 16 heavy (non-hydrogen) atoms. The van der Waals surface area contributed by atoms with Crippen LogP contribution in [0.3, 0.4) is 0 Å². The first-order valence-electron chi connectivity index (χ1n) is 5.05. The molecule has 0 atom stereocenters. The van der Waals surface area contributed by atoms with Crippen molar-refractivity contribution in [3.63, 3.8) is 0 Å². The van der Waals surface area contributed by atoms with E-state index in [0.717, 1.165) is 10.9 Å². The van der Waals surface area contributed by atoms with Gasteiger partial charge in [0.2, 0.25) is 0 Å². The van der Waals surface area contributed by atoms with Crippen LogP contribution in [0, 0.1) is 0 Å². The van der Waals surface area contributed by atoms with Crippen molar-refractivity contribution in [3.8, 4) is 5.75 Å². The van der Waals surface area contributed by atoms with Crippen LogP contribution in [0.2, 0.25) is 0 Å². The number of hydrogen-bond donors (Lipinski definition) is 0. The molecule has 2 nitrogen and oxygen atoms in total. The van der Waals surface area contributed by atoms with E-state index in [1.807, 2.05) is 18.2 Å². The van der Waals surface area contributed by atoms with Crippen molar-refractivity contribution in [2.45, 2.75) is 26.2 Å². The Hall–Kier alpha value is -0.973. The fraction of sp³-hybridized carbons (Fsp3) is 0.308. The molecular weight excluding hydrogens is 193 g/mol. The van der Waals surface area contributed by atoms with Gasteiger partial charge in [0.25, 0.3) is 0 Å². The molecular formula is C13H14LiNO. The van der Waals surface area contributed by atoms with E-state index in [4.69, 9.17) is 0 Å². The Kier molecular flexibility index (Phi) is 3.67. The molecule has 2 aromatic rings. The molecule has 0 radical (unpaired) electrons. The van der Waals surface area contributed by atoms with E-state index in [-0.39, 0.29) is 30.0 Å². The Morgan fingerprint density at radius 3 is 2.50 bits per heavy atom. The van der Waals surface area contributed by atoms with Gasteiger partial charge in [0.05, 0.1) is 5.52 Å². The van der Waals surface area contributed by atoms with Crippen LogP contribution in [0.15, 0.2) is 30.5 Å². The minimum atomic E-state index is 0. The van der Waals surface area contributed by atoms with Gasteiger partial charge in [-0.1, -0.05) is 38.7 Å². The van der Waals surface area contributed by atoms with E-state index in [2.05, 4.69) is 25.8 Å². The zero-order valence-electron chi connectivity index (χ0n) is 10.2. The van der Waals surface area contributed by atoms with E-state index in [9.17, 15) is 5.11 Å². The molecule has 1 heterocycles. The Labute approximate surface area is 108 Å². The molecule has 0 aliphatic carbocycles. The SMILES string of the molecule is CC(C)(C)c1cc([O-])c2ncccc2c1.[Li+]. The van der Waals surface area contributed by atoms with Gasteiger partial charge in [-0.05, 0) is 28.5 Å².